The molecule has 0 N–H and O–H groups in total. The van der Waals surface area contributed by atoms with E-state index in [-0.39, 0.29) is 18.1 Å². The van der Waals surface area contributed by atoms with Crippen molar-refractivity contribution in [1.82, 2.24) is 14.8 Å². The summed E-state index contributed by atoms with van der Waals surface area (Å²) in [5, 5.41) is 4.62. The number of likely N-dealkylation sites (N-methyl/N-ethyl adjacent to an activating group) is 1. The second kappa shape index (κ2) is 8.47. The Balaban J connectivity index is 1.81. The van der Waals surface area contributed by atoms with E-state index in [0.29, 0.717) is 28.2 Å². The summed E-state index contributed by atoms with van der Waals surface area (Å²) in [6.07, 6.45) is 3.22. The number of hydrogen-bond donors (Lipinski definition) is 0. The van der Waals surface area contributed by atoms with E-state index in [9.17, 15) is 13.6 Å². The lowest BCUT2D eigenvalue weighted by atomic mass is 10.0. The van der Waals surface area contributed by atoms with Gasteiger partial charge in [-0.1, -0.05) is 18.2 Å². The van der Waals surface area contributed by atoms with E-state index in [1.807, 2.05) is 12.1 Å². The molecule has 0 saturated carbocycles. The first-order valence-electron chi connectivity index (χ1n) is 9.69. The van der Waals surface area contributed by atoms with Crippen molar-refractivity contribution in [1.29, 1.82) is 0 Å². The number of rotatable bonds is 5. The first-order valence-corrected chi connectivity index (χ1v) is 9.69. The summed E-state index contributed by atoms with van der Waals surface area (Å²) in [6, 6.07) is 15.9. The number of aromatic nitrogens is 3. The van der Waals surface area contributed by atoms with Crippen LogP contribution in [0, 0.1) is 11.6 Å². The Bertz CT molecular complexity index is 1220. The van der Waals surface area contributed by atoms with Crippen molar-refractivity contribution >= 4 is 11.7 Å². The molecule has 0 unspecified atom stereocenters. The van der Waals surface area contributed by atoms with Gasteiger partial charge in [-0.2, -0.15) is 5.10 Å². The summed E-state index contributed by atoms with van der Waals surface area (Å²) in [5.74, 6) is -0.501. The fourth-order valence-corrected chi connectivity index (χ4v) is 3.54. The Hall–Kier alpha value is -3.87. The van der Waals surface area contributed by atoms with Crippen LogP contribution in [0.2, 0.25) is 0 Å². The van der Waals surface area contributed by atoms with E-state index in [2.05, 4.69) is 10.1 Å². The van der Waals surface area contributed by atoms with Gasteiger partial charge in [0, 0.05) is 32.1 Å². The van der Waals surface area contributed by atoms with Crippen LogP contribution in [0.1, 0.15) is 5.56 Å². The summed E-state index contributed by atoms with van der Waals surface area (Å²) in [4.78, 5) is 18.6. The molecule has 31 heavy (non-hydrogen) atoms. The summed E-state index contributed by atoms with van der Waals surface area (Å²) in [5.41, 5.74) is 3.16. The van der Waals surface area contributed by atoms with Crippen LogP contribution in [0.15, 0.2) is 73.1 Å². The largest absolute Gasteiger partial charge is 0.299 e. The molecule has 156 valence electrons. The quantitative estimate of drug-likeness (QED) is 0.475. The molecule has 5 nitrogen and oxygen atoms in total. The van der Waals surface area contributed by atoms with Gasteiger partial charge in [-0.05, 0) is 53.6 Å². The topological polar surface area (TPSA) is 51.0 Å². The molecule has 0 aliphatic rings. The number of amides is 1. The maximum absolute atomic E-state index is 14.1. The van der Waals surface area contributed by atoms with Gasteiger partial charge in [-0.3, -0.25) is 19.4 Å². The molecule has 7 heteroatoms. The van der Waals surface area contributed by atoms with Gasteiger partial charge in [-0.15, -0.1) is 0 Å². The van der Waals surface area contributed by atoms with Crippen LogP contribution < -0.4 is 4.90 Å². The molecule has 0 atom stereocenters. The van der Waals surface area contributed by atoms with Gasteiger partial charge >= 0.3 is 0 Å². The fourth-order valence-electron chi connectivity index (χ4n) is 3.54. The average Bonchev–Trinajstić information content (AvgIpc) is 3.12. The number of carbonyl (C=O) groups is 1. The van der Waals surface area contributed by atoms with Crippen LogP contribution in [0.25, 0.3) is 22.4 Å². The number of carbonyl (C=O) groups excluding carboxylic acids is 1. The third kappa shape index (κ3) is 4.07. The number of nitrogens with zero attached hydrogens (tertiary/aromatic N) is 4. The number of benzene rings is 2. The fraction of sp³-hybridized carbons (Fsp3) is 0.125. The monoisotopic (exact) mass is 418 g/mol. The van der Waals surface area contributed by atoms with E-state index in [1.165, 1.54) is 23.1 Å². The lowest BCUT2D eigenvalue weighted by Crippen LogP contribution is -2.30. The third-order valence-electron chi connectivity index (χ3n) is 5.09. The second-order valence-electron chi connectivity index (χ2n) is 7.13. The van der Waals surface area contributed by atoms with Crippen LogP contribution in [-0.2, 0) is 18.3 Å². The number of hydrogen-bond acceptors (Lipinski definition) is 3. The predicted molar refractivity (Wildman–Crippen MR) is 115 cm³/mol. The molecule has 0 saturated heterocycles. The lowest BCUT2D eigenvalue weighted by Gasteiger charge is -2.20. The maximum atomic E-state index is 14.1. The van der Waals surface area contributed by atoms with Crippen LogP contribution in [-0.4, -0.2) is 27.7 Å². The summed E-state index contributed by atoms with van der Waals surface area (Å²) < 4.78 is 29.1. The maximum Gasteiger partial charge on any atom is 0.232 e. The standard InChI is InChI=1S/C24H20F2N4O/c1-29(21(31)15-18-5-3-4-6-20(18)26)24-22(16-11-13-27-14-12-16)23(28-30(24)2)17-7-9-19(25)10-8-17/h3-14H,15H2,1-2H3. The van der Waals surface area contributed by atoms with E-state index in [1.54, 1.807) is 61.5 Å². The molecule has 0 aliphatic heterocycles. The van der Waals surface area contributed by atoms with E-state index < -0.39 is 5.82 Å². The Morgan fingerprint density at radius 2 is 1.65 bits per heavy atom. The molecular formula is C24H20F2N4O. The molecule has 0 spiro atoms. The third-order valence-corrected chi connectivity index (χ3v) is 5.09. The highest BCUT2D eigenvalue weighted by molar-refractivity contribution is 6.00. The molecule has 0 bridgehead atoms. The van der Waals surface area contributed by atoms with Crippen molar-refractivity contribution in [3.05, 3.63) is 90.3 Å². The van der Waals surface area contributed by atoms with Crippen molar-refractivity contribution in [3.8, 4) is 22.4 Å². The van der Waals surface area contributed by atoms with Gasteiger partial charge in [0.05, 0.1) is 12.0 Å². The molecule has 4 aromatic rings. The van der Waals surface area contributed by atoms with E-state index in [0.717, 1.165) is 5.56 Å². The molecule has 2 heterocycles. The minimum absolute atomic E-state index is 0.0873. The lowest BCUT2D eigenvalue weighted by molar-refractivity contribution is -0.117. The molecule has 0 fully saturated rings. The van der Waals surface area contributed by atoms with Gasteiger partial charge in [0.25, 0.3) is 0 Å². The van der Waals surface area contributed by atoms with Crippen molar-refractivity contribution in [2.24, 2.45) is 7.05 Å². The molecule has 1 amide bonds. The number of anilines is 1. The molecule has 2 aromatic carbocycles. The van der Waals surface area contributed by atoms with Crippen LogP contribution >= 0.6 is 0 Å². The van der Waals surface area contributed by atoms with Crippen molar-refractivity contribution in [2.45, 2.75) is 6.42 Å². The summed E-state index contributed by atoms with van der Waals surface area (Å²) in [7, 11) is 3.37. The Morgan fingerprint density at radius 1 is 0.968 bits per heavy atom. The van der Waals surface area contributed by atoms with Crippen LogP contribution in [0.4, 0.5) is 14.6 Å². The summed E-state index contributed by atoms with van der Waals surface area (Å²) in [6.45, 7) is 0. The Kier molecular flexibility index (Phi) is 5.58. The Morgan fingerprint density at radius 3 is 2.32 bits per heavy atom. The van der Waals surface area contributed by atoms with Crippen molar-refractivity contribution in [3.63, 3.8) is 0 Å². The molecule has 0 radical (unpaired) electrons. The molecule has 4 rings (SSSR count). The molecule has 2 aromatic heterocycles. The average molecular weight is 418 g/mol. The van der Waals surface area contributed by atoms with Crippen molar-refractivity contribution in [2.75, 3.05) is 11.9 Å². The smallest absolute Gasteiger partial charge is 0.232 e. The predicted octanol–water partition coefficient (Wildman–Crippen LogP) is 4.63. The minimum atomic E-state index is -0.421. The van der Waals surface area contributed by atoms with Gasteiger partial charge < -0.3 is 0 Å². The minimum Gasteiger partial charge on any atom is -0.299 e. The van der Waals surface area contributed by atoms with Gasteiger partial charge in [0.1, 0.15) is 23.1 Å². The van der Waals surface area contributed by atoms with Gasteiger partial charge in [0.15, 0.2) is 0 Å². The van der Waals surface area contributed by atoms with E-state index >= 15 is 0 Å². The SMILES string of the molecule is CN(C(=O)Cc1ccccc1F)c1c(-c2ccncc2)c(-c2ccc(F)cc2)nn1C. The number of halogens is 2. The van der Waals surface area contributed by atoms with Gasteiger partial charge in [-0.25, -0.2) is 8.78 Å². The van der Waals surface area contributed by atoms with E-state index in [4.69, 9.17) is 0 Å². The number of aryl methyl sites for hydroxylation is 1. The van der Waals surface area contributed by atoms with Crippen LogP contribution in [0.5, 0.6) is 0 Å². The zero-order valence-corrected chi connectivity index (χ0v) is 17.1. The first-order chi connectivity index (χ1) is 15.0. The zero-order valence-electron chi connectivity index (χ0n) is 17.1. The second-order valence-corrected chi connectivity index (χ2v) is 7.13. The van der Waals surface area contributed by atoms with Crippen LogP contribution in [0.3, 0.4) is 0 Å². The number of pyridine rings is 1. The Labute approximate surface area is 178 Å². The van der Waals surface area contributed by atoms with Crippen molar-refractivity contribution < 1.29 is 13.6 Å². The van der Waals surface area contributed by atoms with Gasteiger partial charge in [0.2, 0.25) is 5.91 Å². The normalized spacial score (nSPS) is 10.8. The zero-order chi connectivity index (χ0) is 22.0. The molecular weight excluding hydrogens is 398 g/mol. The molecule has 0 aliphatic carbocycles. The first kappa shape index (κ1) is 20.4. The highest BCUT2D eigenvalue weighted by Gasteiger charge is 2.25. The highest BCUT2D eigenvalue weighted by atomic mass is 19.1. The summed E-state index contributed by atoms with van der Waals surface area (Å²) >= 11 is 0. The highest BCUT2D eigenvalue weighted by Crippen LogP contribution is 2.39.